The minimum atomic E-state index is -0.341. The summed E-state index contributed by atoms with van der Waals surface area (Å²) in [6.45, 7) is 3.26. The molecule has 6 heteroatoms. The molecule has 1 saturated heterocycles. The zero-order chi connectivity index (χ0) is 15.9. The topological polar surface area (TPSA) is 70.2 Å². The molecule has 0 radical (unpaired) electrons. The van der Waals surface area contributed by atoms with Crippen molar-refractivity contribution in [1.82, 2.24) is 16.0 Å². The van der Waals surface area contributed by atoms with Gasteiger partial charge in [0.15, 0.2) is 0 Å². The third kappa shape index (κ3) is 5.31. The number of amides is 2. The summed E-state index contributed by atoms with van der Waals surface area (Å²) in [6.07, 6.45) is 2.28. The Bertz CT molecular complexity index is 513. The number of hydrogen-bond donors (Lipinski definition) is 3. The molecule has 0 aliphatic carbocycles. The van der Waals surface area contributed by atoms with Crippen molar-refractivity contribution >= 4 is 23.4 Å². The summed E-state index contributed by atoms with van der Waals surface area (Å²) in [7, 11) is 0. The first kappa shape index (κ1) is 16.8. The van der Waals surface area contributed by atoms with Crippen molar-refractivity contribution in [3.8, 4) is 0 Å². The van der Waals surface area contributed by atoms with Gasteiger partial charge in [-0.05, 0) is 37.1 Å². The minimum absolute atomic E-state index is 0.0533. The van der Waals surface area contributed by atoms with Crippen LogP contribution in [0.5, 0.6) is 0 Å². The first-order valence-corrected chi connectivity index (χ1v) is 7.95. The quantitative estimate of drug-likeness (QED) is 0.773. The Balaban J connectivity index is 1.97. The van der Waals surface area contributed by atoms with E-state index in [0.29, 0.717) is 5.02 Å². The third-order valence-electron chi connectivity index (χ3n) is 3.70. The molecule has 2 amide bonds. The van der Waals surface area contributed by atoms with Crippen molar-refractivity contribution in [3.63, 3.8) is 0 Å². The largest absolute Gasteiger partial charge is 0.352 e. The molecular weight excluding hydrogens is 302 g/mol. The Morgan fingerprint density at radius 3 is 2.68 bits per heavy atom. The SMILES string of the molecule is CC(=O)NC(CC(=O)N[C@H]1CCCNC1)c1ccc(Cl)cc1. The Hall–Kier alpha value is -1.59. The highest BCUT2D eigenvalue weighted by molar-refractivity contribution is 6.30. The van der Waals surface area contributed by atoms with Crippen LogP contribution in [-0.2, 0) is 9.59 Å². The number of rotatable bonds is 5. The molecular formula is C16H22ClN3O2. The molecule has 2 atom stereocenters. The number of benzene rings is 1. The number of piperidine rings is 1. The van der Waals surface area contributed by atoms with Crippen LogP contribution in [0.25, 0.3) is 0 Å². The predicted octanol–water partition coefficient (Wildman–Crippen LogP) is 1.78. The van der Waals surface area contributed by atoms with E-state index < -0.39 is 0 Å². The summed E-state index contributed by atoms with van der Waals surface area (Å²) in [5.41, 5.74) is 0.872. The molecule has 1 aromatic rings. The molecule has 22 heavy (non-hydrogen) atoms. The highest BCUT2D eigenvalue weighted by Crippen LogP contribution is 2.19. The zero-order valence-electron chi connectivity index (χ0n) is 12.7. The van der Waals surface area contributed by atoms with Gasteiger partial charge in [-0.15, -0.1) is 0 Å². The Labute approximate surface area is 135 Å². The maximum atomic E-state index is 12.2. The molecule has 0 spiro atoms. The van der Waals surface area contributed by atoms with Gasteiger partial charge in [-0.25, -0.2) is 0 Å². The van der Waals surface area contributed by atoms with Crippen LogP contribution in [0.2, 0.25) is 5.02 Å². The van der Waals surface area contributed by atoms with Crippen LogP contribution in [0.1, 0.15) is 37.8 Å². The lowest BCUT2D eigenvalue weighted by Gasteiger charge is -2.25. The molecule has 1 unspecified atom stereocenters. The lowest BCUT2D eigenvalue weighted by molar-refractivity contribution is -0.123. The van der Waals surface area contributed by atoms with E-state index in [4.69, 9.17) is 11.6 Å². The zero-order valence-corrected chi connectivity index (χ0v) is 13.5. The molecule has 0 aromatic heterocycles. The molecule has 1 aliphatic heterocycles. The molecule has 1 aliphatic rings. The van der Waals surface area contributed by atoms with Crippen LogP contribution in [0.15, 0.2) is 24.3 Å². The van der Waals surface area contributed by atoms with Crippen LogP contribution in [0, 0.1) is 0 Å². The Kier molecular flexibility index (Phi) is 6.21. The van der Waals surface area contributed by atoms with Crippen molar-refractivity contribution in [2.45, 2.75) is 38.3 Å². The van der Waals surface area contributed by atoms with Gasteiger partial charge in [0.05, 0.1) is 12.5 Å². The smallest absolute Gasteiger partial charge is 0.222 e. The number of hydrogen-bond acceptors (Lipinski definition) is 3. The maximum Gasteiger partial charge on any atom is 0.222 e. The van der Waals surface area contributed by atoms with E-state index in [0.717, 1.165) is 31.5 Å². The number of carbonyl (C=O) groups is 2. The van der Waals surface area contributed by atoms with Gasteiger partial charge in [-0.1, -0.05) is 23.7 Å². The van der Waals surface area contributed by atoms with Crippen molar-refractivity contribution in [3.05, 3.63) is 34.9 Å². The lowest BCUT2D eigenvalue weighted by atomic mass is 10.0. The van der Waals surface area contributed by atoms with Gasteiger partial charge in [-0.3, -0.25) is 9.59 Å². The van der Waals surface area contributed by atoms with E-state index in [1.54, 1.807) is 12.1 Å². The van der Waals surface area contributed by atoms with Crippen molar-refractivity contribution in [2.75, 3.05) is 13.1 Å². The first-order chi connectivity index (χ1) is 10.5. The van der Waals surface area contributed by atoms with Gasteiger partial charge in [-0.2, -0.15) is 0 Å². The normalized spacial score (nSPS) is 19.3. The highest BCUT2D eigenvalue weighted by atomic mass is 35.5. The fourth-order valence-electron chi connectivity index (χ4n) is 2.64. The van der Waals surface area contributed by atoms with Gasteiger partial charge in [0, 0.05) is 24.5 Å². The van der Waals surface area contributed by atoms with E-state index in [-0.39, 0.29) is 30.3 Å². The second-order valence-corrected chi connectivity index (χ2v) is 6.06. The molecule has 1 fully saturated rings. The van der Waals surface area contributed by atoms with Crippen LogP contribution in [0.4, 0.5) is 0 Å². The van der Waals surface area contributed by atoms with Crippen LogP contribution in [-0.4, -0.2) is 30.9 Å². The number of halogens is 1. The average molecular weight is 324 g/mol. The van der Waals surface area contributed by atoms with E-state index in [9.17, 15) is 9.59 Å². The predicted molar refractivity (Wildman–Crippen MR) is 86.7 cm³/mol. The average Bonchev–Trinajstić information content (AvgIpc) is 2.48. The Morgan fingerprint density at radius 2 is 2.09 bits per heavy atom. The van der Waals surface area contributed by atoms with Crippen LogP contribution < -0.4 is 16.0 Å². The van der Waals surface area contributed by atoms with E-state index >= 15 is 0 Å². The van der Waals surface area contributed by atoms with Crippen molar-refractivity contribution < 1.29 is 9.59 Å². The molecule has 0 bridgehead atoms. The fraction of sp³-hybridized carbons (Fsp3) is 0.500. The Morgan fingerprint density at radius 1 is 1.36 bits per heavy atom. The molecule has 0 saturated carbocycles. The molecule has 120 valence electrons. The van der Waals surface area contributed by atoms with E-state index in [2.05, 4.69) is 16.0 Å². The summed E-state index contributed by atoms with van der Waals surface area (Å²) < 4.78 is 0. The standard InChI is InChI=1S/C16H22ClN3O2/c1-11(21)19-15(12-4-6-13(17)7-5-12)9-16(22)20-14-3-2-8-18-10-14/h4-7,14-15,18H,2-3,8-10H2,1H3,(H,19,21)(H,20,22)/t14-,15?/m0/s1. The van der Waals surface area contributed by atoms with Crippen LogP contribution >= 0.6 is 11.6 Å². The summed E-state index contributed by atoms with van der Waals surface area (Å²) in [6, 6.07) is 7.01. The minimum Gasteiger partial charge on any atom is -0.352 e. The molecule has 1 heterocycles. The van der Waals surface area contributed by atoms with Gasteiger partial charge in [0.25, 0.3) is 0 Å². The number of nitrogens with one attached hydrogen (secondary N) is 3. The maximum absolute atomic E-state index is 12.2. The monoisotopic (exact) mass is 323 g/mol. The number of carbonyl (C=O) groups excluding carboxylic acids is 2. The van der Waals surface area contributed by atoms with Gasteiger partial charge >= 0.3 is 0 Å². The molecule has 2 rings (SSSR count). The van der Waals surface area contributed by atoms with Crippen molar-refractivity contribution in [2.24, 2.45) is 0 Å². The highest BCUT2D eigenvalue weighted by Gasteiger charge is 2.20. The molecule has 1 aromatic carbocycles. The second-order valence-electron chi connectivity index (χ2n) is 5.62. The second kappa shape index (κ2) is 8.15. The summed E-state index contributed by atoms with van der Waals surface area (Å²) in [5, 5.41) is 9.74. The summed E-state index contributed by atoms with van der Waals surface area (Å²) in [4.78, 5) is 23.6. The van der Waals surface area contributed by atoms with E-state index in [1.165, 1.54) is 6.92 Å². The van der Waals surface area contributed by atoms with Crippen LogP contribution in [0.3, 0.4) is 0 Å². The summed E-state index contributed by atoms with van der Waals surface area (Å²) >= 11 is 5.88. The van der Waals surface area contributed by atoms with E-state index in [1.807, 2.05) is 12.1 Å². The van der Waals surface area contributed by atoms with Gasteiger partial charge in [0.1, 0.15) is 0 Å². The lowest BCUT2D eigenvalue weighted by Crippen LogP contribution is -2.46. The molecule has 5 nitrogen and oxygen atoms in total. The third-order valence-corrected chi connectivity index (χ3v) is 3.95. The fourth-order valence-corrected chi connectivity index (χ4v) is 2.77. The van der Waals surface area contributed by atoms with Crippen molar-refractivity contribution in [1.29, 1.82) is 0 Å². The molecule has 3 N–H and O–H groups in total. The first-order valence-electron chi connectivity index (χ1n) is 7.57. The van der Waals surface area contributed by atoms with Gasteiger partial charge < -0.3 is 16.0 Å². The van der Waals surface area contributed by atoms with Gasteiger partial charge in [0.2, 0.25) is 11.8 Å². The summed E-state index contributed by atoms with van der Waals surface area (Å²) in [5.74, 6) is -0.213.